The Hall–Kier alpha value is 3.26. The topological polar surface area (TPSA) is 40.5 Å². The minimum atomic E-state index is -0.863. The Morgan fingerprint density at radius 1 is 0.462 bits per heavy atom. The summed E-state index contributed by atoms with van der Waals surface area (Å²) in [7, 11) is 17.5. The summed E-state index contributed by atoms with van der Waals surface area (Å²) in [6.07, 6.45) is 0. The second-order valence-corrected chi connectivity index (χ2v) is 20.7. The van der Waals surface area contributed by atoms with Crippen LogP contribution in [0, 0.1) is 0 Å². The Bertz CT molecular complexity index is 266. The Kier molecular flexibility index (Phi) is 23.8. The normalized spacial score (nSPS) is 12.8. The van der Waals surface area contributed by atoms with E-state index in [1.807, 2.05) is 0 Å². The van der Waals surface area contributed by atoms with Crippen LogP contribution in [0.3, 0.4) is 0 Å². The summed E-state index contributed by atoms with van der Waals surface area (Å²) in [5, 5.41) is 0.252. The van der Waals surface area contributed by atoms with Gasteiger partial charge in [0.05, 0.1) is 0 Å². The van der Waals surface area contributed by atoms with Crippen LogP contribution >= 0.6 is 54.4 Å². The predicted molar refractivity (Wildman–Crippen MR) is 121 cm³/mol. The van der Waals surface area contributed by atoms with E-state index in [0.29, 0.717) is 0 Å². The average molecular weight is 679 g/mol. The number of rotatable bonds is 0. The molecule has 0 aliphatic heterocycles. The van der Waals surface area contributed by atoms with E-state index in [-0.39, 0.29) is 52.5 Å². The van der Waals surface area contributed by atoms with Crippen LogP contribution in [0.25, 0.3) is 0 Å². The van der Waals surface area contributed by atoms with Crippen LogP contribution in [-0.4, -0.2) is 30.4 Å². The quantitative estimate of drug-likeness (QED) is 0.199. The molecule has 172 valence electrons. The minimum absolute atomic E-state index is 0.0631. The van der Waals surface area contributed by atoms with Gasteiger partial charge in [0.1, 0.15) is 0 Å². The molecule has 0 radical (unpaired) electrons. The van der Waals surface area contributed by atoms with E-state index in [0.717, 1.165) is 0 Å². The summed E-state index contributed by atoms with van der Waals surface area (Å²) < 4.78 is 0. The van der Waals surface area contributed by atoms with Crippen molar-refractivity contribution in [3.05, 3.63) is 0 Å². The second-order valence-electron chi connectivity index (χ2n) is 9.40. The van der Waals surface area contributed by atoms with E-state index in [4.69, 9.17) is 38.1 Å². The second kappa shape index (κ2) is 16.9. The molecule has 0 fully saturated rings. The fourth-order valence-corrected chi connectivity index (χ4v) is 6.04. The van der Waals surface area contributed by atoms with E-state index in [2.05, 4.69) is 83.1 Å². The van der Waals surface area contributed by atoms with Crippen LogP contribution in [-0.2, 0) is 31.9 Å². The van der Waals surface area contributed by atoms with E-state index < -0.39 is 16.3 Å². The van der Waals surface area contributed by atoms with Crippen LogP contribution in [0.15, 0.2) is 0 Å². The van der Waals surface area contributed by atoms with E-state index in [9.17, 15) is 9.79 Å². The molecule has 2 nitrogen and oxygen atoms in total. The van der Waals surface area contributed by atoms with Gasteiger partial charge in [0.2, 0.25) is 0 Å². The van der Waals surface area contributed by atoms with Crippen LogP contribution in [0.1, 0.15) is 83.1 Å². The van der Waals surface area contributed by atoms with Gasteiger partial charge in [-0.1, -0.05) is 83.1 Å². The first-order chi connectivity index (χ1) is 11.1. The number of halogens is 4. The molecule has 0 saturated carbocycles. The van der Waals surface area contributed by atoms with Crippen molar-refractivity contribution < 1.29 is 41.7 Å². The summed E-state index contributed by atoms with van der Waals surface area (Å²) >= 11 is -0.211. The summed E-state index contributed by atoms with van der Waals surface area (Å²) in [6, 6.07) is 0. The molecule has 10 heteroatoms. The number of hydrogen-bond donors (Lipinski definition) is 2. The Balaban J connectivity index is -0.000000143. The van der Waals surface area contributed by atoms with Gasteiger partial charge in [-0.2, -0.15) is 0 Å². The van der Waals surface area contributed by atoms with Gasteiger partial charge in [0, 0.05) is 36.9 Å². The Morgan fingerprint density at radius 2 is 0.538 bits per heavy atom. The molecule has 0 aromatic rings. The zero-order valence-corrected chi connectivity index (χ0v) is 25.9. The van der Waals surface area contributed by atoms with Gasteiger partial charge in [-0.05, 0) is 0 Å². The third-order valence-electron chi connectivity index (χ3n) is 2.54. The van der Waals surface area contributed by atoms with Gasteiger partial charge < -0.3 is 9.79 Å². The third-order valence-corrected chi connectivity index (χ3v) is 7.62. The van der Waals surface area contributed by atoms with Crippen molar-refractivity contribution in [1.82, 2.24) is 0 Å². The molecule has 0 unspecified atom stereocenters. The van der Waals surface area contributed by atoms with Gasteiger partial charge in [0.15, 0.2) is 0 Å². The molecule has 0 atom stereocenters. The van der Waals surface area contributed by atoms with Gasteiger partial charge in [-0.25, -0.2) is 0 Å². The predicted octanol–water partition coefficient (Wildman–Crippen LogP) is 8.70. The van der Waals surface area contributed by atoms with Crippen LogP contribution in [0.4, 0.5) is 0 Å². The summed E-state index contributed by atoms with van der Waals surface area (Å²) in [5.41, 5.74) is 0. The molecule has 0 aliphatic rings. The molecule has 0 aromatic heterocycles. The van der Waals surface area contributed by atoms with E-state index in [1.54, 1.807) is 0 Å². The van der Waals surface area contributed by atoms with Crippen molar-refractivity contribution in [2.45, 2.75) is 104 Å². The summed E-state index contributed by atoms with van der Waals surface area (Å²) in [4.78, 5) is 19.6. The molecule has 26 heavy (non-hydrogen) atoms. The molecule has 0 heterocycles. The molecule has 0 aromatic carbocycles. The maximum atomic E-state index is 9.79. The zero-order valence-electron chi connectivity index (χ0n) is 17.9. The maximum absolute atomic E-state index is 9.79. The molecular formula is C16H38Cl4O2P2Pd2. The van der Waals surface area contributed by atoms with Crippen molar-refractivity contribution in [2.75, 3.05) is 0 Å². The molecule has 0 bridgehead atoms. The van der Waals surface area contributed by atoms with Crippen LogP contribution in [0.5, 0.6) is 0 Å². The van der Waals surface area contributed by atoms with E-state index >= 15 is 0 Å². The fourth-order valence-electron chi connectivity index (χ4n) is 2.01. The molecule has 2 N–H and O–H groups in total. The summed E-state index contributed by atoms with van der Waals surface area (Å²) in [5.74, 6) is 0. The van der Waals surface area contributed by atoms with Crippen molar-refractivity contribution >= 4 is 54.4 Å². The van der Waals surface area contributed by atoms with E-state index in [1.165, 1.54) is 0 Å². The van der Waals surface area contributed by atoms with Crippen molar-refractivity contribution in [3.63, 3.8) is 0 Å². The average Bonchev–Trinajstić information content (AvgIpc) is 2.35. The van der Waals surface area contributed by atoms with Crippen molar-refractivity contribution in [2.24, 2.45) is 0 Å². The first-order valence-electron chi connectivity index (χ1n) is 7.77. The van der Waals surface area contributed by atoms with Crippen LogP contribution < -0.4 is 0 Å². The Labute approximate surface area is 198 Å². The third kappa shape index (κ3) is 25.3. The first kappa shape index (κ1) is 36.6. The standard InChI is InChI=1S/2C8H19OP.4ClH.2Pd/c2*1-7(2,3)10(9)8(4,5)6;;;;;;/h2*9H,1-6H3;4*1H;;/q;;;;;;2*+2/p-4. The van der Waals surface area contributed by atoms with Gasteiger partial charge in [-0.3, -0.25) is 0 Å². The molecule has 0 aliphatic carbocycles. The van der Waals surface area contributed by atoms with Crippen LogP contribution in [0.2, 0.25) is 0 Å². The first-order valence-corrected chi connectivity index (χ1v) is 18.4. The Morgan fingerprint density at radius 3 is 0.538 bits per heavy atom. The van der Waals surface area contributed by atoms with Crippen molar-refractivity contribution in [1.29, 1.82) is 0 Å². The molecule has 0 saturated heterocycles. The molecule has 0 rings (SSSR count). The van der Waals surface area contributed by atoms with Gasteiger partial charge >= 0.3 is 70.0 Å². The molecule has 0 spiro atoms. The summed E-state index contributed by atoms with van der Waals surface area (Å²) in [6.45, 7) is 25.0. The molecule has 0 amide bonds. The SMILES string of the molecule is CC(C)(C)P(O)C(C)(C)C.CC(C)(C)P(O)C(C)(C)C.[Cl][Pd][Cl].[Cl][Pd][Cl]. The monoisotopic (exact) mass is 676 g/mol. The van der Waals surface area contributed by atoms with Gasteiger partial charge in [0.25, 0.3) is 0 Å². The van der Waals surface area contributed by atoms with Crippen molar-refractivity contribution in [3.8, 4) is 0 Å². The molecular weight excluding hydrogens is 641 g/mol. The van der Waals surface area contributed by atoms with Gasteiger partial charge in [-0.15, -0.1) is 0 Å². The number of hydrogen-bond acceptors (Lipinski definition) is 2. The fraction of sp³-hybridized carbons (Fsp3) is 1.00. The zero-order chi connectivity index (χ0) is 22.6.